The summed E-state index contributed by atoms with van der Waals surface area (Å²) in [7, 11) is -3.48. The van der Waals surface area contributed by atoms with Gasteiger partial charge in [-0.1, -0.05) is 5.92 Å². The second-order valence-corrected chi connectivity index (χ2v) is 8.40. The highest BCUT2D eigenvalue weighted by molar-refractivity contribution is 7.89. The molecule has 2 rings (SSSR count). The lowest BCUT2D eigenvalue weighted by Crippen LogP contribution is -2.53. The molecule has 0 unspecified atom stereocenters. The van der Waals surface area contributed by atoms with E-state index in [0.29, 0.717) is 31.1 Å². The Hall–Kier alpha value is -1.56. The summed E-state index contributed by atoms with van der Waals surface area (Å²) in [6.45, 7) is 5.18. The molecular formula is C14H19N3O3S2. The zero-order valence-corrected chi connectivity index (χ0v) is 14.3. The minimum atomic E-state index is -3.48. The molecule has 0 atom stereocenters. The van der Waals surface area contributed by atoms with Crippen molar-refractivity contribution >= 4 is 27.4 Å². The molecule has 1 aromatic rings. The van der Waals surface area contributed by atoms with Gasteiger partial charge in [-0.3, -0.25) is 0 Å². The predicted octanol–water partition coefficient (Wildman–Crippen LogP) is 1.01. The molecule has 8 heteroatoms. The third-order valence-electron chi connectivity index (χ3n) is 3.48. The first-order chi connectivity index (χ1) is 10.4. The molecule has 1 aliphatic rings. The average molecular weight is 341 g/mol. The fraction of sp³-hybridized carbons (Fsp3) is 0.500. The van der Waals surface area contributed by atoms with Gasteiger partial charge in [0, 0.05) is 35.9 Å². The van der Waals surface area contributed by atoms with E-state index in [1.54, 1.807) is 11.0 Å². The molecule has 0 aromatic carbocycles. The number of terminal acetylenes is 1. The van der Waals surface area contributed by atoms with E-state index in [-0.39, 0.29) is 12.6 Å². The lowest BCUT2D eigenvalue weighted by Gasteiger charge is -2.33. The van der Waals surface area contributed by atoms with Gasteiger partial charge < -0.3 is 10.2 Å². The normalized spacial score (nSPS) is 16.3. The second kappa shape index (κ2) is 6.69. The maximum atomic E-state index is 12.7. The summed E-state index contributed by atoms with van der Waals surface area (Å²) >= 11 is 1.48. The Bertz CT molecular complexity index is 695. The third kappa shape index (κ3) is 3.43. The van der Waals surface area contributed by atoms with Gasteiger partial charge >= 0.3 is 6.03 Å². The Morgan fingerprint density at radius 1 is 1.36 bits per heavy atom. The lowest BCUT2D eigenvalue weighted by atomic mass is 10.4. The highest BCUT2D eigenvalue weighted by atomic mass is 32.2. The van der Waals surface area contributed by atoms with Gasteiger partial charge in [-0.05, 0) is 19.9 Å². The van der Waals surface area contributed by atoms with Gasteiger partial charge in [0.25, 0.3) is 0 Å². The van der Waals surface area contributed by atoms with Gasteiger partial charge in [0.1, 0.15) is 0 Å². The number of carbonyl (C=O) groups excluding carboxylic acids is 1. The van der Waals surface area contributed by atoms with E-state index in [4.69, 9.17) is 6.42 Å². The number of urea groups is 1. The van der Waals surface area contributed by atoms with E-state index in [1.165, 1.54) is 15.6 Å². The van der Waals surface area contributed by atoms with E-state index in [2.05, 4.69) is 11.2 Å². The van der Waals surface area contributed by atoms with E-state index in [1.807, 2.05) is 13.8 Å². The summed E-state index contributed by atoms with van der Waals surface area (Å²) in [6.07, 6.45) is 5.10. The second-order valence-electron chi connectivity index (χ2n) is 5.03. The van der Waals surface area contributed by atoms with Crippen LogP contribution in [0.5, 0.6) is 0 Å². The monoisotopic (exact) mass is 341 g/mol. The first-order valence-corrected chi connectivity index (χ1v) is 9.15. The molecule has 1 N–H and O–H groups in total. The summed E-state index contributed by atoms with van der Waals surface area (Å²) in [4.78, 5) is 15.5. The summed E-state index contributed by atoms with van der Waals surface area (Å²) in [5.41, 5.74) is 0. The van der Waals surface area contributed by atoms with Gasteiger partial charge in [0.2, 0.25) is 10.0 Å². The van der Waals surface area contributed by atoms with Crippen LogP contribution in [0.25, 0.3) is 0 Å². The molecule has 22 heavy (non-hydrogen) atoms. The Kier molecular flexibility index (Phi) is 5.11. The Balaban J connectivity index is 2.04. The molecule has 0 spiro atoms. The lowest BCUT2D eigenvalue weighted by molar-refractivity contribution is 0.173. The summed E-state index contributed by atoms with van der Waals surface area (Å²) in [6, 6.07) is 1.46. The van der Waals surface area contributed by atoms with Crippen molar-refractivity contribution in [3.63, 3.8) is 0 Å². The first-order valence-electron chi connectivity index (χ1n) is 6.89. The van der Waals surface area contributed by atoms with Crippen LogP contribution in [0.15, 0.2) is 11.0 Å². The number of thiophene rings is 1. The van der Waals surface area contributed by atoms with E-state index >= 15 is 0 Å². The van der Waals surface area contributed by atoms with Gasteiger partial charge in [0.15, 0.2) is 0 Å². The van der Waals surface area contributed by atoms with Crippen LogP contribution >= 0.6 is 11.3 Å². The fourth-order valence-electron chi connectivity index (χ4n) is 2.37. The van der Waals surface area contributed by atoms with Crippen molar-refractivity contribution in [3.8, 4) is 12.3 Å². The summed E-state index contributed by atoms with van der Waals surface area (Å²) in [5.74, 6) is 2.34. The molecule has 0 saturated carbocycles. The fourth-order valence-corrected chi connectivity index (χ4v) is 5.32. The molecule has 0 bridgehead atoms. The average Bonchev–Trinajstić information content (AvgIpc) is 2.84. The van der Waals surface area contributed by atoms with E-state index in [9.17, 15) is 13.2 Å². The standard InChI is InChI=1S/C14H19N3O3S2/c1-4-5-15-14(18)16-6-8-17(9-7-16)22(19,20)13-10-11(2)21-12(13)3/h1,10H,5-9H2,2-3H3,(H,15,18). The smallest absolute Gasteiger partial charge is 0.318 e. The van der Waals surface area contributed by atoms with Gasteiger partial charge in [-0.25, -0.2) is 13.2 Å². The van der Waals surface area contributed by atoms with Crippen molar-refractivity contribution in [1.29, 1.82) is 0 Å². The highest BCUT2D eigenvalue weighted by Crippen LogP contribution is 2.28. The molecule has 2 amide bonds. The predicted molar refractivity (Wildman–Crippen MR) is 86.4 cm³/mol. The van der Waals surface area contributed by atoms with E-state index < -0.39 is 10.0 Å². The number of nitrogens with zero attached hydrogens (tertiary/aromatic N) is 2. The number of rotatable bonds is 3. The van der Waals surface area contributed by atoms with Gasteiger partial charge in [-0.15, -0.1) is 17.8 Å². The molecule has 1 saturated heterocycles. The topological polar surface area (TPSA) is 69.7 Å². The molecule has 1 fully saturated rings. The number of sulfonamides is 1. The van der Waals surface area contributed by atoms with Crippen molar-refractivity contribution in [2.75, 3.05) is 32.7 Å². The highest BCUT2D eigenvalue weighted by Gasteiger charge is 2.31. The number of nitrogens with one attached hydrogen (secondary N) is 1. The quantitative estimate of drug-likeness (QED) is 0.835. The summed E-state index contributed by atoms with van der Waals surface area (Å²) in [5, 5.41) is 2.58. The van der Waals surface area contributed by atoms with Crippen LogP contribution in [0, 0.1) is 26.2 Å². The number of amides is 2. The van der Waals surface area contributed by atoms with Crippen molar-refractivity contribution in [1.82, 2.24) is 14.5 Å². The molecule has 2 heterocycles. The Labute approximate surface area is 135 Å². The molecule has 0 radical (unpaired) electrons. The Morgan fingerprint density at radius 3 is 2.50 bits per heavy atom. The number of aryl methyl sites for hydroxylation is 2. The van der Waals surface area contributed by atoms with Crippen molar-refractivity contribution in [3.05, 3.63) is 15.8 Å². The number of carbonyl (C=O) groups is 1. The van der Waals surface area contributed by atoms with Crippen molar-refractivity contribution < 1.29 is 13.2 Å². The van der Waals surface area contributed by atoms with Crippen LogP contribution in [-0.4, -0.2) is 56.4 Å². The minimum Gasteiger partial charge on any atom is -0.327 e. The van der Waals surface area contributed by atoms with Crippen LogP contribution in [-0.2, 0) is 10.0 Å². The molecule has 1 aliphatic heterocycles. The largest absolute Gasteiger partial charge is 0.327 e. The van der Waals surface area contributed by atoms with Crippen LogP contribution in [0.1, 0.15) is 9.75 Å². The van der Waals surface area contributed by atoms with Crippen molar-refractivity contribution in [2.24, 2.45) is 0 Å². The van der Waals surface area contributed by atoms with Crippen molar-refractivity contribution in [2.45, 2.75) is 18.7 Å². The SMILES string of the molecule is C#CCNC(=O)N1CCN(S(=O)(=O)c2cc(C)sc2C)CC1. The van der Waals surface area contributed by atoms with Crippen LogP contribution in [0.4, 0.5) is 4.79 Å². The van der Waals surface area contributed by atoms with Crippen LogP contribution in [0.2, 0.25) is 0 Å². The zero-order valence-electron chi connectivity index (χ0n) is 12.6. The molecular weight excluding hydrogens is 322 g/mol. The maximum absolute atomic E-state index is 12.7. The molecule has 0 aliphatic carbocycles. The Morgan fingerprint density at radius 2 is 2.00 bits per heavy atom. The molecule has 1 aromatic heterocycles. The number of hydrogen-bond acceptors (Lipinski definition) is 4. The molecule has 120 valence electrons. The third-order valence-corrected chi connectivity index (χ3v) is 6.60. The van der Waals surface area contributed by atoms with E-state index in [0.717, 1.165) is 9.75 Å². The zero-order chi connectivity index (χ0) is 16.3. The molecule has 6 nitrogen and oxygen atoms in total. The van der Waals surface area contributed by atoms with Gasteiger partial charge in [0.05, 0.1) is 11.4 Å². The van der Waals surface area contributed by atoms with Crippen LogP contribution in [0.3, 0.4) is 0 Å². The maximum Gasteiger partial charge on any atom is 0.318 e. The van der Waals surface area contributed by atoms with Crippen LogP contribution < -0.4 is 5.32 Å². The first kappa shape index (κ1) is 16.8. The number of piperazine rings is 1. The van der Waals surface area contributed by atoms with Gasteiger partial charge in [-0.2, -0.15) is 4.31 Å². The minimum absolute atomic E-state index is 0.171. The number of hydrogen-bond donors (Lipinski definition) is 1. The summed E-state index contributed by atoms with van der Waals surface area (Å²) < 4.78 is 26.8.